The minimum absolute atomic E-state index is 0.487. The number of aliphatic hydroxyl groups excluding tert-OH is 1. The van der Waals surface area contributed by atoms with Crippen LogP contribution in [0.5, 0.6) is 0 Å². The van der Waals surface area contributed by atoms with Gasteiger partial charge < -0.3 is 5.11 Å². The quantitative estimate of drug-likeness (QED) is 0.800. The predicted octanol–water partition coefficient (Wildman–Crippen LogP) is 4.33. The van der Waals surface area contributed by atoms with Gasteiger partial charge in [-0.25, -0.2) is 0 Å². The molecule has 2 rings (SSSR count). The first-order valence-electron chi connectivity index (χ1n) is 6.23. The van der Waals surface area contributed by atoms with E-state index in [1.807, 2.05) is 10.7 Å². The summed E-state index contributed by atoms with van der Waals surface area (Å²) >= 11 is 8.46. The SMILES string of the molecule is CCc1cc(CC(O)c2cc(Br)c(Br)s2)n(CC)n1. The fourth-order valence-corrected chi connectivity index (χ4v) is 4.03. The Labute approximate surface area is 133 Å². The van der Waals surface area contributed by atoms with Gasteiger partial charge in [-0.15, -0.1) is 11.3 Å². The van der Waals surface area contributed by atoms with Crippen LogP contribution in [0.25, 0.3) is 0 Å². The minimum Gasteiger partial charge on any atom is -0.387 e. The first-order valence-corrected chi connectivity index (χ1v) is 8.63. The smallest absolute Gasteiger partial charge is 0.0937 e. The maximum atomic E-state index is 10.3. The van der Waals surface area contributed by atoms with Crippen LogP contribution in [0.1, 0.15) is 36.2 Å². The normalized spacial score (nSPS) is 12.9. The number of thiophene rings is 1. The molecule has 0 saturated heterocycles. The van der Waals surface area contributed by atoms with Crippen LogP contribution in [0, 0.1) is 0 Å². The molecule has 2 aromatic heterocycles. The number of aryl methyl sites for hydroxylation is 2. The lowest BCUT2D eigenvalue weighted by molar-refractivity contribution is 0.179. The van der Waals surface area contributed by atoms with E-state index < -0.39 is 6.10 Å². The number of aromatic nitrogens is 2. The van der Waals surface area contributed by atoms with Gasteiger partial charge in [0.15, 0.2) is 0 Å². The summed E-state index contributed by atoms with van der Waals surface area (Å²) in [6.45, 7) is 5.00. The zero-order valence-corrected chi connectivity index (χ0v) is 14.8. The number of nitrogens with zero attached hydrogens (tertiary/aromatic N) is 2. The van der Waals surface area contributed by atoms with Crippen molar-refractivity contribution < 1.29 is 5.11 Å². The fourth-order valence-electron chi connectivity index (χ4n) is 1.95. The summed E-state index contributed by atoms with van der Waals surface area (Å²) in [6.07, 6.45) is 1.03. The molecular formula is C13H16Br2N2OS. The number of hydrogen-bond donors (Lipinski definition) is 1. The van der Waals surface area contributed by atoms with Gasteiger partial charge in [-0.05, 0) is 57.3 Å². The lowest BCUT2D eigenvalue weighted by Crippen LogP contribution is -2.07. The van der Waals surface area contributed by atoms with Crippen molar-refractivity contribution in [1.29, 1.82) is 0 Å². The second-order valence-electron chi connectivity index (χ2n) is 4.29. The predicted molar refractivity (Wildman–Crippen MR) is 85.7 cm³/mol. The Morgan fingerprint density at radius 2 is 2.11 bits per heavy atom. The van der Waals surface area contributed by atoms with E-state index in [0.717, 1.165) is 37.5 Å². The second kappa shape index (κ2) is 6.52. The van der Waals surface area contributed by atoms with Crippen LogP contribution >= 0.6 is 43.2 Å². The van der Waals surface area contributed by atoms with E-state index >= 15 is 0 Å². The molecule has 0 fully saturated rings. The number of hydrogen-bond acceptors (Lipinski definition) is 3. The summed E-state index contributed by atoms with van der Waals surface area (Å²) in [4.78, 5) is 0.959. The Bertz CT molecular complexity index is 545. The molecule has 2 aromatic rings. The molecule has 1 atom stereocenters. The van der Waals surface area contributed by atoms with Crippen molar-refractivity contribution in [2.24, 2.45) is 0 Å². The maximum absolute atomic E-state index is 10.3. The van der Waals surface area contributed by atoms with E-state index in [4.69, 9.17) is 0 Å². The second-order valence-corrected chi connectivity index (χ2v) is 7.54. The summed E-state index contributed by atoms with van der Waals surface area (Å²) in [5.41, 5.74) is 2.17. The molecular weight excluding hydrogens is 392 g/mol. The van der Waals surface area contributed by atoms with Crippen molar-refractivity contribution >= 4 is 43.2 Å². The van der Waals surface area contributed by atoms with Crippen molar-refractivity contribution in [2.45, 2.75) is 39.3 Å². The molecule has 1 unspecified atom stereocenters. The van der Waals surface area contributed by atoms with E-state index in [9.17, 15) is 5.11 Å². The van der Waals surface area contributed by atoms with Crippen molar-refractivity contribution in [2.75, 3.05) is 0 Å². The minimum atomic E-state index is -0.487. The lowest BCUT2D eigenvalue weighted by atomic mass is 10.1. The molecule has 0 spiro atoms. The topological polar surface area (TPSA) is 38.0 Å². The van der Waals surface area contributed by atoms with Crippen LogP contribution in [0.15, 0.2) is 20.4 Å². The third kappa shape index (κ3) is 3.48. The first kappa shape index (κ1) is 15.2. The molecule has 104 valence electrons. The van der Waals surface area contributed by atoms with Crippen molar-refractivity contribution in [3.63, 3.8) is 0 Å². The summed E-state index contributed by atoms with van der Waals surface area (Å²) in [5, 5.41) is 14.8. The molecule has 0 amide bonds. The van der Waals surface area contributed by atoms with Gasteiger partial charge in [0.25, 0.3) is 0 Å². The zero-order chi connectivity index (χ0) is 14.0. The van der Waals surface area contributed by atoms with Gasteiger partial charge in [-0.3, -0.25) is 4.68 Å². The molecule has 0 bridgehead atoms. The summed E-state index contributed by atoms with van der Waals surface area (Å²) < 4.78 is 3.98. The highest BCUT2D eigenvalue weighted by Crippen LogP contribution is 2.36. The van der Waals surface area contributed by atoms with Gasteiger partial charge in [0, 0.05) is 28.0 Å². The third-order valence-electron chi connectivity index (χ3n) is 2.97. The molecule has 0 aromatic carbocycles. The van der Waals surface area contributed by atoms with Gasteiger partial charge in [0.1, 0.15) is 0 Å². The maximum Gasteiger partial charge on any atom is 0.0937 e. The number of halogens is 2. The average Bonchev–Trinajstić information content (AvgIpc) is 2.93. The average molecular weight is 408 g/mol. The zero-order valence-electron chi connectivity index (χ0n) is 10.9. The van der Waals surface area contributed by atoms with E-state index in [-0.39, 0.29) is 0 Å². The van der Waals surface area contributed by atoms with E-state index in [2.05, 4.69) is 56.9 Å². The highest BCUT2D eigenvalue weighted by molar-refractivity contribution is 9.13. The Morgan fingerprint density at radius 1 is 1.37 bits per heavy atom. The van der Waals surface area contributed by atoms with Crippen LogP contribution in [-0.2, 0) is 19.4 Å². The van der Waals surface area contributed by atoms with Crippen LogP contribution in [0.2, 0.25) is 0 Å². The number of aliphatic hydroxyl groups is 1. The largest absolute Gasteiger partial charge is 0.387 e. The van der Waals surface area contributed by atoms with Crippen molar-refractivity contribution in [1.82, 2.24) is 9.78 Å². The third-order valence-corrected chi connectivity index (χ3v) is 6.33. The molecule has 2 heterocycles. The Hall–Kier alpha value is -0.170. The van der Waals surface area contributed by atoms with E-state index in [0.29, 0.717) is 6.42 Å². The molecule has 0 saturated carbocycles. The molecule has 3 nitrogen and oxygen atoms in total. The van der Waals surface area contributed by atoms with E-state index in [1.165, 1.54) is 0 Å². The van der Waals surface area contributed by atoms with Gasteiger partial charge in [0.2, 0.25) is 0 Å². The molecule has 6 heteroatoms. The van der Waals surface area contributed by atoms with Crippen LogP contribution < -0.4 is 0 Å². The van der Waals surface area contributed by atoms with Gasteiger partial charge in [0.05, 0.1) is 15.6 Å². The van der Waals surface area contributed by atoms with Crippen LogP contribution in [-0.4, -0.2) is 14.9 Å². The first-order chi connectivity index (χ1) is 9.05. The molecule has 0 aliphatic rings. The molecule has 0 aliphatic carbocycles. The van der Waals surface area contributed by atoms with E-state index in [1.54, 1.807) is 11.3 Å². The highest BCUT2D eigenvalue weighted by atomic mass is 79.9. The fraction of sp³-hybridized carbons (Fsp3) is 0.462. The molecule has 19 heavy (non-hydrogen) atoms. The van der Waals surface area contributed by atoms with Gasteiger partial charge >= 0.3 is 0 Å². The van der Waals surface area contributed by atoms with Gasteiger partial charge in [-0.2, -0.15) is 5.10 Å². The molecule has 1 N–H and O–H groups in total. The highest BCUT2D eigenvalue weighted by Gasteiger charge is 2.16. The summed E-state index contributed by atoms with van der Waals surface area (Å²) in [5.74, 6) is 0. The Kier molecular flexibility index (Phi) is 5.22. The molecule has 0 aliphatic heterocycles. The Balaban J connectivity index is 2.18. The monoisotopic (exact) mass is 406 g/mol. The van der Waals surface area contributed by atoms with Crippen LogP contribution in [0.3, 0.4) is 0 Å². The standard InChI is InChI=1S/C13H16Br2N2OS/c1-3-8-5-9(17(4-2)16-8)6-11(18)12-7-10(14)13(15)19-12/h5,7,11,18H,3-4,6H2,1-2H3. The van der Waals surface area contributed by atoms with Crippen LogP contribution in [0.4, 0.5) is 0 Å². The number of rotatable bonds is 5. The van der Waals surface area contributed by atoms with Crippen molar-refractivity contribution in [3.8, 4) is 0 Å². The summed E-state index contributed by atoms with van der Waals surface area (Å²) in [6, 6.07) is 4.05. The van der Waals surface area contributed by atoms with Gasteiger partial charge in [-0.1, -0.05) is 6.92 Å². The summed E-state index contributed by atoms with van der Waals surface area (Å²) in [7, 11) is 0. The van der Waals surface area contributed by atoms with Crippen molar-refractivity contribution in [3.05, 3.63) is 36.7 Å². The lowest BCUT2D eigenvalue weighted by Gasteiger charge is -2.09. The Morgan fingerprint density at radius 3 is 2.63 bits per heavy atom. The molecule has 0 radical (unpaired) electrons.